The number of amides is 1. The number of hydrogen-bond acceptors (Lipinski definition) is 3. The van der Waals surface area contributed by atoms with Gasteiger partial charge < -0.3 is 9.64 Å². The molecule has 0 radical (unpaired) electrons. The van der Waals surface area contributed by atoms with Crippen molar-refractivity contribution < 1.29 is 9.53 Å². The lowest BCUT2D eigenvalue weighted by molar-refractivity contribution is -0.137. The maximum absolute atomic E-state index is 11.6. The van der Waals surface area contributed by atoms with Crippen molar-refractivity contribution in [2.75, 3.05) is 39.8 Å². The van der Waals surface area contributed by atoms with Crippen LogP contribution in [0, 0.1) is 0 Å². The molecule has 2 fully saturated rings. The highest BCUT2D eigenvalue weighted by atomic mass is 16.5. The highest BCUT2D eigenvalue weighted by Crippen LogP contribution is 2.14. The van der Waals surface area contributed by atoms with Gasteiger partial charge in [0.15, 0.2) is 0 Å². The van der Waals surface area contributed by atoms with E-state index in [0.717, 1.165) is 39.1 Å². The van der Waals surface area contributed by atoms with Gasteiger partial charge in [0.05, 0.1) is 12.6 Å². The molecule has 1 atom stereocenters. The molecule has 14 heavy (non-hydrogen) atoms. The average Bonchev–Trinajstić information content (AvgIpc) is 2.62. The van der Waals surface area contributed by atoms with E-state index < -0.39 is 0 Å². The minimum absolute atomic E-state index is 0.245. The fourth-order valence-electron chi connectivity index (χ4n) is 2.05. The summed E-state index contributed by atoms with van der Waals surface area (Å²) in [6.07, 6.45) is 2.55. The van der Waals surface area contributed by atoms with Crippen LogP contribution in [0.2, 0.25) is 0 Å². The minimum Gasteiger partial charge on any atom is -0.376 e. The predicted molar refractivity (Wildman–Crippen MR) is 53.1 cm³/mol. The lowest BCUT2D eigenvalue weighted by Gasteiger charge is -2.33. The Morgan fingerprint density at radius 3 is 3.00 bits per heavy atom. The molecule has 2 heterocycles. The summed E-state index contributed by atoms with van der Waals surface area (Å²) in [6, 6.07) is 0. The summed E-state index contributed by atoms with van der Waals surface area (Å²) in [6.45, 7) is 4.07. The molecule has 0 N–H and O–H groups in total. The summed E-state index contributed by atoms with van der Waals surface area (Å²) in [4.78, 5) is 15.6. The maximum atomic E-state index is 11.6. The van der Waals surface area contributed by atoms with Crippen LogP contribution in [0.25, 0.3) is 0 Å². The van der Waals surface area contributed by atoms with Crippen LogP contribution in [0.4, 0.5) is 0 Å². The van der Waals surface area contributed by atoms with E-state index in [9.17, 15) is 4.79 Å². The topological polar surface area (TPSA) is 32.8 Å². The van der Waals surface area contributed by atoms with E-state index >= 15 is 0 Å². The zero-order valence-electron chi connectivity index (χ0n) is 8.74. The Morgan fingerprint density at radius 2 is 2.36 bits per heavy atom. The number of carbonyl (C=O) groups excluding carboxylic acids is 1. The van der Waals surface area contributed by atoms with Gasteiger partial charge in [0, 0.05) is 26.2 Å². The van der Waals surface area contributed by atoms with Gasteiger partial charge in [0.1, 0.15) is 0 Å². The van der Waals surface area contributed by atoms with Crippen molar-refractivity contribution in [3.8, 4) is 0 Å². The van der Waals surface area contributed by atoms with E-state index in [2.05, 4.69) is 4.90 Å². The normalized spacial score (nSPS) is 29.9. The molecule has 2 aliphatic rings. The van der Waals surface area contributed by atoms with Crippen molar-refractivity contribution in [2.45, 2.75) is 18.9 Å². The maximum Gasteiger partial charge on any atom is 0.236 e. The first-order valence-electron chi connectivity index (χ1n) is 5.33. The molecule has 4 nitrogen and oxygen atoms in total. The van der Waals surface area contributed by atoms with E-state index in [1.54, 1.807) is 0 Å². The van der Waals surface area contributed by atoms with E-state index in [4.69, 9.17) is 4.74 Å². The molecule has 2 aliphatic heterocycles. The standard InChI is InChI=1S/C10H18N2O2/c1-11-4-5-12(10(13)8-11)7-9-3-2-6-14-9/h9H,2-8H2,1H3. The van der Waals surface area contributed by atoms with E-state index in [1.165, 1.54) is 0 Å². The van der Waals surface area contributed by atoms with E-state index in [1.807, 2.05) is 11.9 Å². The Hall–Kier alpha value is -0.610. The van der Waals surface area contributed by atoms with Crippen molar-refractivity contribution in [1.82, 2.24) is 9.80 Å². The van der Waals surface area contributed by atoms with Gasteiger partial charge in [-0.1, -0.05) is 0 Å². The molecular formula is C10H18N2O2. The number of rotatable bonds is 2. The molecule has 0 aromatic heterocycles. The molecule has 0 aromatic rings. The Kier molecular flexibility index (Phi) is 3.03. The molecule has 0 aromatic carbocycles. The van der Waals surface area contributed by atoms with Crippen LogP contribution in [0.5, 0.6) is 0 Å². The summed E-state index contributed by atoms with van der Waals surface area (Å²) in [5.74, 6) is 0.245. The Morgan fingerprint density at radius 1 is 1.50 bits per heavy atom. The summed E-state index contributed by atoms with van der Waals surface area (Å²) in [5.41, 5.74) is 0. The van der Waals surface area contributed by atoms with Crippen molar-refractivity contribution in [1.29, 1.82) is 0 Å². The highest BCUT2D eigenvalue weighted by molar-refractivity contribution is 5.79. The molecule has 2 rings (SSSR count). The van der Waals surface area contributed by atoms with Crippen molar-refractivity contribution in [3.05, 3.63) is 0 Å². The zero-order valence-corrected chi connectivity index (χ0v) is 8.74. The number of hydrogen-bond donors (Lipinski definition) is 0. The highest BCUT2D eigenvalue weighted by Gasteiger charge is 2.25. The van der Waals surface area contributed by atoms with Gasteiger partial charge in [-0.3, -0.25) is 9.69 Å². The average molecular weight is 198 g/mol. The number of nitrogens with zero attached hydrogens (tertiary/aromatic N) is 2. The van der Waals surface area contributed by atoms with Crippen molar-refractivity contribution in [2.24, 2.45) is 0 Å². The zero-order chi connectivity index (χ0) is 9.97. The van der Waals surface area contributed by atoms with Crippen LogP contribution in [0.3, 0.4) is 0 Å². The molecule has 0 saturated carbocycles. The van der Waals surface area contributed by atoms with Crippen LogP contribution >= 0.6 is 0 Å². The summed E-state index contributed by atoms with van der Waals surface area (Å²) >= 11 is 0. The van der Waals surface area contributed by atoms with Crippen LogP contribution < -0.4 is 0 Å². The first-order chi connectivity index (χ1) is 6.75. The SMILES string of the molecule is CN1CCN(CC2CCCO2)C(=O)C1. The Balaban J connectivity index is 1.82. The molecule has 0 aliphatic carbocycles. The second-order valence-electron chi connectivity index (χ2n) is 4.21. The fraction of sp³-hybridized carbons (Fsp3) is 0.900. The third-order valence-electron chi connectivity index (χ3n) is 2.96. The second kappa shape index (κ2) is 4.28. The van der Waals surface area contributed by atoms with Gasteiger partial charge in [0.2, 0.25) is 5.91 Å². The third-order valence-corrected chi connectivity index (χ3v) is 2.96. The molecule has 1 amide bonds. The first-order valence-corrected chi connectivity index (χ1v) is 5.33. The monoisotopic (exact) mass is 198 g/mol. The summed E-state index contributed by atoms with van der Waals surface area (Å²) in [5, 5.41) is 0. The Bertz CT molecular complexity index is 214. The largest absolute Gasteiger partial charge is 0.376 e. The van der Waals surface area contributed by atoms with Gasteiger partial charge in [-0.25, -0.2) is 0 Å². The van der Waals surface area contributed by atoms with Gasteiger partial charge in [-0.2, -0.15) is 0 Å². The van der Waals surface area contributed by atoms with Crippen LogP contribution in [0.1, 0.15) is 12.8 Å². The molecule has 0 spiro atoms. The molecule has 4 heteroatoms. The summed E-state index contributed by atoms with van der Waals surface area (Å²) < 4.78 is 5.52. The quantitative estimate of drug-likeness (QED) is 0.623. The third kappa shape index (κ3) is 2.25. The van der Waals surface area contributed by atoms with Crippen LogP contribution in [-0.2, 0) is 9.53 Å². The number of ether oxygens (including phenoxy) is 1. The number of piperazine rings is 1. The molecular weight excluding hydrogens is 180 g/mol. The molecule has 0 bridgehead atoms. The number of likely N-dealkylation sites (N-methyl/N-ethyl adjacent to an activating group) is 1. The van der Waals surface area contributed by atoms with E-state index in [0.29, 0.717) is 12.6 Å². The predicted octanol–water partition coefficient (Wildman–Crippen LogP) is -0.0606. The van der Waals surface area contributed by atoms with Crippen LogP contribution in [-0.4, -0.2) is 61.6 Å². The lowest BCUT2D eigenvalue weighted by Crippen LogP contribution is -2.50. The van der Waals surface area contributed by atoms with Crippen molar-refractivity contribution in [3.63, 3.8) is 0 Å². The lowest BCUT2D eigenvalue weighted by atomic mass is 10.2. The van der Waals surface area contributed by atoms with Crippen LogP contribution in [0.15, 0.2) is 0 Å². The smallest absolute Gasteiger partial charge is 0.236 e. The molecule has 1 unspecified atom stereocenters. The van der Waals surface area contributed by atoms with E-state index in [-0.39, 0.29) is 5.91 Å². The van der Waals surface area contributed by atoms with Crippen molar-refractivity contribution >= 4 is 5.91 Å². The van der Waals surface area contributed by atoms with Gasteiger partial charge in [0.25, 0.3) is 0 Å². The van der Waals surface area contributed by atoms with Gasteiger partial charge in [-0.15, -0.1) is 0 Å². The summed E-state index contributed by atoms with van der Waals surface area (Å²) in [7, 11) is 1.99. The number of carbonyl (C=O) groups is 1. The molecule has 2 saturated heterocycles. The fourth-order valence-corrected chi connectivity index (χ4v) is 2.05. The minimum atomic E-state index is 0.245. The first kappa shape index (κ1) is 9.93. The van der Waals surface area contributed by atoms with Gasteiger partial charge in [-0.05, 0) is 19.9 Å². The van der Waals surface area contributed by atoms with Gasteiger partial charge >= 0.3 is 0 Å². The second-order valence-corrected chi connectivity index (χ2v) is 4.21. The molecule has 80 valence electrons. The Labute approximate surface area is 84.8 Å².